The summed E-state index contributed by atoms with van der Waals surface area (Å²) in [6.07, 6.45) is 2.16. The molecule has 1 unspecified atom stereocenters. The number of ether oxygens (including phenoxy) is 1. The average Bonchev–Trinajstić information content (AvgIpc) is 2.46. The number of methoxy groups -OCH3 is 1. The summed E-state index contributed by atoms with van der Waals surface area (Å²) in [4.78, 5) is 14.5. The molecule has 1 saturated heterocycles. The van der Waals surface area contributed by atoms with Crippen LogP contribution in [0.25, 0.3) is 0 Å². The van der Waals surface area contributed by atoms with Gasteiger partial charge in [0.05, 0.1) is 12.7 Å². The first kappa shape index (κ1) is 17.3. The number of carbonyl (C=O) groups excluding carboxylic acids is 1. The summed E-state index contributed by atoms with van der Waals surface area (Å²) >= 11 is 3.39. The highest BCUT2D eigenvalue weighted by Crippen LogP contribution is 2.25. The van der Waals surface area contributed by atoms with Crippen LogP contribution >= 0.6 is 28.3 Å². The Hall–Kier alpha value is -0.780. The van der Waals surface area contributed by atoms with E-state index in [9.17, 15) is 4.79 Å². The van der Waals surface area contributed by atoms with E-state index in [1.807, 2.05) is 30.1 Å². The van der Waals surface area contributed by atoms with Gasteiger partial charge in [-0.15, -0.1) is 12.4 Å². The van der Waals surface area contributed by atoms with Gasteiger partial charge in [0.25, 0.3) is 5.91 Å². The maximum Gasteiger partial charge on any atom is 0.257 e. The summed E-state index contributed by atoms with van der Waals surface area (Å²) in [5.74, 6) is 0.662. The largest absolute Gasteiger partial charge is 0.496 e. The molecular formula is C14H20BrClN2O2. The lowest BCUT2D eigenvalue weighted by Crippen LogP contribution is -2.47. The standard InChI is InChI=1S/C14H19BrN2O2.ClH/c1-16-11-4-3-7-17(9-11)14(18)12-6-5-10(15)8-13(12)19-2;/h5-6,8,11,16H,3-4,7,9H2,1-2H3;1H. The van der Waals surface area contributed by atoms with Crippen LogP contribution in [0.15, 0.2) is 22.7 Å². The van der Waals surface area contributed by atoms with Crippen molar-refractivity contribution in [1.29, 1.82) is 0 Å². The molecule has 4 nitrogen and oxygen atoms in total. The van der Waals surface area contributed by atoms with Crippen molar-refractivity contribution in [2.24, 2.45) is 0 Å². The molecule has 1 aromatic carbocycles. The number of carbonyl (C=O) groups is 1. The molecule has 1 aromatic rings. The molecule has 1 amide bonds. The molecule has 1 atom stereocenters. The molecule has 0 aromatic heterocycles. The van der Waals surface area contributed by atoms with Crippen molar-refractivity contribution in [2.45, 2.75) is 18.9 Å². The molecule has 0 radical (unpaired) electrons. The highest BCUT2D eigenvalue weighted by atomic mass is 79.9. The number of piperidine rings is 1. The molecule has 0 spiro atoms. The number of hydrogen-bond donors (Lipinski definition) is 1. The fourth-order valence-corrected chi connectivity index (χ4v) is 2.75. The van der Waals surface area contributed by atoms with Gasteiger partial charge in [-0.2, -0.15) is 0 Å². The van der Waals surface area contributed by atoms with Gasteiger partial charge in [0, 0.05) is 23.6 Å². The van der Waals surface area contributed by atoms with Gasteiger partial charge in [0.15, 0.2) is 0 Å². The zero-order valence-electron chi connectivity index (χ0n) is 11.7. The third-order valence-electron chi connectivity index (χ3n) is 3.51. The highest BCUT2D eigenvalue weighted by molar-refractivity contribution is 9.10. The van der Waals surface area contributed by atoms with Gasteiger partial charge in [-0.3, -0.25) is 4.79 Å². The summed E-state index contributed by atoms with van der Waals surface area (Å²) in [5.41, 5.74) is 0.627. The fraction of sp³-hybridized carbons (Fsp3) is 0.500. The number of nitrogens with zero attached hydrogens (tertiary/aromatic N) is 1. The van der Waals surface area contributed by atoms with Crippen LogP contribution in [0.4, 0.5) is 0 Å². The van der Waals surface area contributed by atoms with Crippen molar-refractivity contribution in [1.82, 2.24) is 10.2 Å². The molecular weight excluding hydrogens is 344 g/mol. The van der Waals surface area contributed by atoms with Crippen molar-refractivity contribution in [2.75, 3.05) is 27.2 Å². The zero-order chi connectivity index (χ0) is 13.8. The zero-order valence-corrected chi connectivity index (χ0v) is 14.1. The van der Waals surface area contributed by atoms with Crippen LogP contribution in [-0.2, 0) is 0 Å². The van der Waals surface area contributed by atoms with Crippen molar-refractivity contribution in [3.05, 3.63) is 28.2 Å². The lowest BCUT2D eigenvalue weighted by Gasteiger charge is -2.32. The molecule has 1 N–H and O–H groups in total. The third-order valence-corrected chi connectivity index (χ3v) is 4.00. The van der Waals surface area contributed by atoms with E-state index < -0.39 is 0 Å². The maximum atomic E-state index is 12.6. The van der Waals surface area contributed by atoms with E-state index in [1.54, 1.807) is 7.11 Å². The van der Waals surface area contributed by atoms with Crippen molar-refractivity contribution >= 4 is 34.2 Å². The molecule has 2 rings (SSSR count). The van der Waals surface area contributed by atoms with Crippen LogP contribution < -0.4 is 10.1 Å². The predicted octanol–water partition coefficient (Wildman–Crippen LogP) is 2.70. The summed E-state index contributed by atoms with van der Waals surface area (Å²) in [5, 5.41) is 3.25. The van der Waals surface area contributed by atoms with Crippen LogP contribution in [0.2, 0.25) is 0 Å². The van der Waals surface area contributed by atoms with Crippen LogP contribution in [0, 0.1) is 0 Å². The van der Waals surface area contributed by atoms with Gasteiger partial charge >= 0.3 is 0 Å². The summed E-state index contributed by atoms with van der Waals surface area (Å²) < 4.78 is 6.21. The van der Waals surface area contributed by atoms with E-state index in [0.717, 1.165) is 30.4 Å². The monoisotopic (exact) mass is 362 g/mol. The second kappa shape index (κ2) is 7.86. The summed E-state index contributed by atoms with van der Waals surface area (Å²) in [6, 6.07) is 5.90. The average molecular weight is 364 g/mol. The minimum atomic E-state index is 0. The lowest BCUT2D eigenvalue weighted by atomic mass is 10.0. The predicted molar refractivity (Wildman–Crippen MR) is 85.9 cm³/mol. The SMILES string of the molecule is CNC1CCCN(C(=O)c2ccc(Br)cc2OC)C1.Cl. The van der Waals surface area contributed by atoms with Crippen LogP contribution in [0.3, 0.4) is 0 Å². The minimum absolute atomic E-state index is 0. The first-order chi connectivity index (χ1) is 9.15. The highest BCUT2D eigenvalue weighted by Gasteiger charge is 2.25. The van der Waals surface area contributed by atoms with E-state index in [0.29, 0.717) is 17.4 Å². The molecule has 1 heterocycles. The Labute approximate surface area is 134 Å². The van der Waals surface area contributed by atoms with E-state index in [4.69, 9.17) is 4.74 Å². The first-order valence-electron chi connectivity index (χ1n) is 6.45. The molecule has 1 aliphatic heterocycles. The van der Waals surface area contributed by atoms with Gasteiger partial charge in [0.1, 0.15) is 5.75 Å². The van der Waals surface area contributed by atoms with Gasteiger partial charge < -0.3 is 15.0 Å². The van der Waals surface area contributed by atoms with Crippen molar-refractivity contribution in [3.8, 4) is 5.75 Å². The van der Waals surface area contributed by atoms with Crippen LogP contribution in [0.5, 0.6) is 5.75 Å². The quantitative estimate of drug-likeness (QED) is 0.898. The Morgan fingerprint density at radius 1 is 1.50 bits per heavy atom. The van der Waals surface area contributed by atoms with Gasteiger partial charge in [-0.25, -0.2) is 0 Å². The van der Waals surface area contributed by atoms with Gasteiger partial charge in [-0.1, -0.05) is 15.9 Å². The summed E-state index contributed by atoms with van der Waals surface area (Å²) in [6.45, 7) is 1.57. The fourth-order valence-electron chi connectivity index (χ4n) is 2.41. The van der Waals surface area contributed by atoms with E-state index in [1.165, 1.54) is 0 Å². The number of halogens is 2. The number of hydrogen-bond acceptors (Lipinski definition) is 3. The molecule has 0 bridgehead atoms. The number of nitrogens with one attached hydrogen (secondary N) is 1. The number of amides is 1. The number of rotatable bonds is 3. The Morgan fingerprint density at radius 3 is 2.90 bits per heavy atom. The Kier molecular flexibility index (Phi) is 6.79. The van der Waals surface area contributed by atoms with Crippen LogP contribution in [0.1, 0.15) is 23.2 Å². The Morgan fingerprint density at radius 2 is 2.25 bits per heavy atom. The van der Waals surface area contributed by atoms with E-state index in [-0.39, 0.29) is 18.3 Å². The van der Waals surface area contributed by atoms with E-state index in [2.05, 4.69) is 21.2 Å². The molecule has 6 heteroatoms. The molecule has 112 valence electrons. The molecule has 20 heavy (non-hydrogen) atoms. The number of benzene rings is 1. The lowest BCUT2D eigenvalue weighted by molar-refractivity contribution is 0.0695. The molecule has 1 fully saturated rings. The smallest absolute Gasteiger partial charge is 0.257 e. The van der Waals surface area contributed by atoms with Crippen molar-refractivity contribution < 1.29 is 9.53 Å². The topological polar surface area (TPSA) is 41.6 Å². The molecule has 0 saturated carbocycles. The second-order valence-corrected chi connectivity index (χ2v) is 5.64. The third kappa shape index (κ3) is 3.87. The van der Waals surface area contributed by atoms with Crippen molar-refractivity contribution in [3.63, 3.8) is 0 Å². The molecule has 0 aliphatic carbocycles. The van der Waals surface area contributed by atoms with Crippen LogP contribution in [-0.4, -0.2) is 44.1 Å². The first-order valence-corrected chi connectivity index (χ1v) is 7.25. The normalized spacial score (nSPS) is 18.4. The molecule has 1 aliphatic rings. The Bertz CT molecular complexity index is 470. The Balaban J connectivity index is 0.00000200. The number of likely N-dealkylation sites (N-methyl/N-ethyl adjacent to an activating group) is 1. The van der Waals surface area contributed by atoms with Gasteiger partial charge in [0.2, 0.25) is 0 Å². The number of likely N-dealkylation sites (tertiary alicyclic amines) is 1. The maximum absolute atomic E-state index is 12.6. The summed E-state index contributed by atoms with van der Waals surface area (Å²) in [7, 11) is 3.53. The van der Waals surface area contributed by atoms with E-state index >= 15 is 0 Å². The second-order valence-electron chi connectivity index (χ2n) is 4.72. The minimum Gasteiger partial charge on any atom is -0.496 e. The van der Waals surface area contributed by atoms with Gasteiger partial charge in [-0.05, 0) is 38.1 Å².